The van der Waals surface area contributed by atoms with Gasteiger partial charge in [-0.15, -0.1) is 21.5 Å². The maximum atomic E-state index is 12.7. The Balaban J connectivity index is 1.61. The number of rotatable bonds is 5. The fourth-order valence-electron chi connectivity index (χ4n) is 2.80. The predicted molar refractivity (Wildman–Crippen MR) is 103 cm³/mol. The SMILES string of the molecule is Cc1nnc(NC(=O)c2cc3sccc3n2CCc2ccccc2)s1. The van der Waals surface area contributed by atoms with Crippen LogP contribution in [0.5, 0.6) is 0 Å². The molecule has 3 heterocycles. The fraction of sp³-hybridized carbons (Fsp3) is 0.167. The van der Waals surface area contributed by atoms with Crippen molar-refractivity contribution in [1.82, 2.24) is 14.8 Å². The highest BCUT2D eigenvalue weighted by molar-refractivity contribution is 7.17. The van der Waals surface area contributed by atoms with Crippen LogP contribution in [0.4, 0.5) is 5.13 Å². The van der Waals surface area contributed by atoms with Gasteiger partial charge in [0.2, 0.25) is 5.13 Å². The number of fused-ring (bicyclic) bond motifs is 1. The molecule has 126 valence electrons. The Kier molecular flexibility index (Phi) is 4.33. The molecular weight excluding hydrogens is 352 g/mol. The lowest BCUT2D eigenvalue weighted by molar-refractivity contribution is 0.101. The highest BCUT2D eigenvalue weighted by Gasteiger charge is 2.17. The minimum atomic E-state index is -0.146. The number of benzene rings is 1. The zero-order chi connectivity index (χ0) is 17.2. The summed E-state index contributed by atoms with van der Waals surface area (Å²) in [6.07, 6.45) is 0.874. The third-order valence-electron chi connectivity index (χ3n) is 3.97. The van der Waals surface area contributed by atoms with Crippen molar-refractivity contribution < 1.29 is 4.79 Å². The van der Waals surface area contributed by atoms with Crippen LogP contribution in [0, 0.1) is 6.92 Å². The third kappa shape index (κ3) is 3.33. The van der Waals surface area contributed by atoms with E-state index in [-0.39, 0.29) is 5.91 Å². The molecule has 0 fully saturated rings. The van der Waals surface area contributed by atoms with Gasteiger partial charge < -0.3 is 4.57 Å². The van der Waals surface area contributed by atoms with Gasteiger partial charge in [-0.2, -0.15) is 0 Å². The van der Waals surface area contributed by atoms with Gasteiger partial charge in [0.25, 0.3) is 5.91 Å². The van der Waals surface area contributed by atoms with Crippen molar-refractivity contribution in [3.8, 4) is 0 Å². The summed E-state index contributed by atoms with van der Waals surface area (Å²) < 4.78 is 3.20. The van der Waals surface area contributed by atoms with Crippen LogP contribution in [0.2, 0.25) is 0 Å². The number of thiophene rings is 1. The summed E-state index contributed by atoms with van der Waals surface area (Å²) in [4.78, 5) is 12.7. The number of nitrogens with one attached hydrogen (secondary N) is 1. The third-order valence-corrected chi connectivity index (χ3v) is 5.58. The lowest BCUT2D eigenvalue weighted by Gasteiger charge is -2.10. The number of nitrogens with zero attached hydrogens (tertiary/aromatic N) is 3. The lowest BCUT2D eigenvalue weighted by Crippen LogP contribution is -2.17. The molecule has 1 aromatic carbocycles. The first-order valence-electron chi connectivity index (χ1n) is 7.93. The van der Waals surface area contributed by atoms with E-state index in [4.69, 9.17) is 0 Å². The first-order valence-corrected chi connectivity index (χ1v) is 9.62. The van der Waals surface area contributed by atoms with E-state index in [9.17, 15) is 4.79 Å². The van der Waals surface area contributed by atoms with Gasteiger partial charge in [0.05, 0.1) is 10.2 Å². The van der Waals surface area contributed by atoms with Gasteiger partial charge >= 0.3 is 0 Å². The molecule has 0 bridgehead atoms. The summed E-state index contributed by atoms with van der Waals surface area (Å²) in [5, 5.41) is 14.2. The molecule has 0 aliphatic rings. The minimum Gasteiger partial charge on any atom is -0.335 e. The molecule has 0 aliphatic heterocycles. The van der Waals surface area contributed by atoms with Gasteiger partial charge in [0.1, 0.15) is 10.7 Å². The molecule has 0 saturated heterocycles. The summed E-state index contributed by atoms with van der Waals surface area (Å²) >= 11 is 3.02. The zero-order valence-corrected chi connectivity index (χ0v) is 15.2. The number of carbonyl (C=O) groups excluding carboxylic acids is 1. The lowest BCUT2D eigenvalue weighted by atomic mass is 10.1. The van der Waals surface area contributed by atoms with Crippen LogP contribution in [-0.2, 0) is 13.0 Å². The Labute approximate surface area is 153 Å². The Morgan fingerprint density at radius 2 is 2.04 bits per heavy atom. The van der Waals surface area contributed by atoms with E-state index in [1.807, 2.05) is 31.2 Å². The van der Waals surface area contributed by atoms with Crippen molar-refractivity contribution in [2.75, 3.05) is 5.32 Å². The van der Waals surface area contributed by atoms with E-state index in [0.29, 0.717) is 10.8 Å². The molecule has 7 heteroatoms. The van der Waals surface area contributed by atoms with Gasteiger partial charge in [-0.05, 0) is 36.4 Å². The van der Waals surface area contributed by atoms with Gasteiger partial charge in [-0.25, -0.2) is 0 Å². The van der Waals surface area contributed by atoms with Crippen LogP contribution < -0.4 is 5.32 Å². The monoisotopic (exact) mass is 368 g/mol. The predicted octanol–water partition coefficient (Wildman–Crippen LogP) is 4.36. The van der Waals surface area contributed by atoms with Gasteiger partial charge in [0.15, 0.2) is 0 Å². The van der Waals surface area contributed by atoms with Crippen LogP contribution >= 0.6 is 22.7 Å². The van der Waals surface area contributed by atoms with E-state index in [2.05, 4.69) is 43.7 Å². The van der Waals surface area contributed by atoms with Gasteiger partial charge in [0, 0.05) is 6.54 Å². The normalized spacial score (nSPS) is 11.1. The molecule has 4 aromatic rings. The number of hydrogen-bond donors (Lipinski definition) is 1. The fourth-order valence-corrected chi connectivity index (χ4v) is 4.21. The van der Waals surface area contributed by atoms with Crippen LogP contribution in [-0.4, -0.2) is 20.7 Å². The molecule has 5 nitrogen and oxygen atoms in total. The Bertz CT molecular complexity index is 1020. The van der Waals surface area contributed by atoms with Crippen LogP contribution in [0.25, 0.3) is 10.2 Å². The first-order chi connectivity index (χ1) is 12.2. The summed E-state index contributed by atoms with van der Waals surface area (Å²) in [7, 11) is 0. The van der Waals surface area contributed by atoms with Gasteiger partial charge in [-0.3, -0.25) is 10.1 Å². The molecule has 1 N–H and O–H groups in total. The summed E-state index contributed by atoms with van der Waals surface area (Å²) in [5.41, 5.74) is 3.01. The highest BCUT2D eigenvalue weighted by Crippen LogP contribution is 2.26. The summed E-state index contributed by atoms with van der Waals surface area (Å²) in [5.74, 6) is -0.146. The molecule has 3 aromatic heterocycles. The number of amides is 1. The topological polar surface area (TPSA) is 59.8 Å². The molecule has 4 rings (SSSR count). The van der Waals surface area contributed by atoms with Crippen molar-refractivity contribution in [2.45, 2.75) is 19.9 Å². The second-order valence-electron chi connectivity index (χ2n) is 5.67. The van der Waals surface area contributed by atoms with Crippen LogP contribution in [0.15, 0.2) is 47.8 Å². The molecule has 0 atom stereocenters. The average Bonchev–Trinajstić information content (AvgIpc) is 3.30. The Hall–Kier alpha value is -2.51. The molecule has 0 saturated carbocycles. The second kappa shape index (κ2) is 6.78. The van der Waals surface area contributed by atoms with E-state index < -0.39 is 0 Å². The molecule has 0 unspecified atom stereocenters. The largest absolute Gasteiger partial charge is 0.335 e. The Morgan fingerprint density at radius 1 is 1.20 bits per heavy atom. The number of anilines is 1. The maximum absolute atomic E-state index is 12.7. The highest BCUT2D eigenvalue weighted by atomic mass is 32.1. The molecule has 0 radical (unpaired) electrons. The number of aryl methyl sites for hydroxylation is 3. The van der Waals surface area contributed by atoms with E-state index >= 15 is 0 Å². The van der Waals surface area contributed by atoms with Crippen molar-refractivity contribution in [2.24, 2.45) is 0 Å². The summed E-state index contributed by atoms with van der Waals surface area (Å²) in [6.45, 7) is 2.62. The van der Waals surface area contributed by atoms with Crippen LogP contribution in [0.3, 0.4) is 0 Å². The molecule has 1 amide bonds. The smallest absolute Gasteiger partial charge is 0.274 e. The van der Waals surface area contributed by atoms with Gasteiger partial charge in [-0.1, -0.05) is 41.7 Å². The van der Waals surface area contributed by atoms with Crippen molar-refractivity contribution in [3.63, 3.8) is 0 Å². The van der Waals surface area contributed by atoms with E-state index in [1.54, 1.807) is 11.3 Å². The number of carbonyl (C=O) groups is 1. The van der Waals surface area contributed by atoms with Crippen LogP contribution in [0.1, 0.15) is 21.1 Å². The van der Waals surface area contributed by atoms with Crippen molar-refractivity contribution in [3.05, 3.63) is 64.1 Å². The number of aromatic nitrogens is 3. The molecule has 25 heavy (non-hydrogen) atoms. The van der Waals surface area contributed by atoms with Crippen molar-refractivity contribution in [1.29, 1.82) is 0 Å². The van der Waals surface area contributed by atoms with Crippen molar-refractivity contribution >= 4 is 43.9 Å². The molecule has 0 spiro atoms. The molecule has 0 aliphatic carbocycles. The Morgan fingerprint density at radius 3 is 2.80 bits per heavy atom. The standard InChI is InChI=1S/C18H16N4OS2/c1-12-20-21-18(25-12)19-17(23)15-11-16-14(8-10-24-16)22(15)9-7-13-5-3-2-4-6-13/h2-6,8,10-11H,7,9H2,1H3,(H,19,21,23). The quantitative estimate of drug-likeness (QED) is 0.569. The number of hydrogen-bond acceptors (Lipinski definition) is 5. The first kappa shape index (κ1) is 16.0. The maximum Gasteiger partial charge on any atom is 0.274 e. The molecular formula is C18H16N4OS2. The van der Waals surface area contributed by atoms with E-state index in [0.717, 1.165) is 28.2 Å². The van der Waals surface area contributed by atoms with E-state index in [1.165, 1.54) is 16.9 Å². The average molecular weight is 368 g/mol. The zero-order valence-electron chi connectivity index (χ0n) is 13.6. The summed E-state index contributed by atoms with van der Waals surface area (Å²) in [6, 6.07) is 14.3. The second-order valence-corrected chi connectivity index (χ2v) is 7.80. The minimum absolute atomic E-state index is 0.146.